The van der Waals surface area contributed by atoms with Gasteiger partial charge in [0.25, 0.3) is 11.5 Å². The van der Waals surface area contributed by atoms with E-state index in [-0.39, 0.29) is 11.5 Å². The van der Waals surface area contributed by atoms with E-state index in [1.807, 2.05) is 13.8 Å². The summed E-state index contributed by atoms with van der Waals surface area (Å²) in [6.07, 6.45) is 0. The molecule has 2 N–H and O–H groups in total. The van der Waals surface area contributed by atoms with E-state index < -0.39 is 0 Å². The maximum absolute atomic E-state index is 12.3. The molecule has 1 amide bonds. The number of benzene rings is 1. The molecule has 0 fully saturated rings. The molecule has 7 nitrogen and oxygen atoms in total. The van der Waals surface area contributed by atoms with Gasteiger partial charge in [-0.25, -0.2) is 4.98 Å². The van der Waals surface area contributed by atoms with Crippen LogP contribution in [0, 0.1) is 13.8 Å². The maximum Gasteiger partial charge on any atom is 0.259 e. The van der Waals surface area contributed by atoms with Crippen molar-refractivity contribution in [1.82, 2.24) is 15.3 Å². The van der Waals surface area contributed by atoms with Gasteiger partial charge in [-0.05, 0) is 37.6 Å². The number of amides is 1. The monoisotopic (exact) mass is 433 g/mol. The second-order valence-corrected chi connectivity index (χ2v) is 8.66. The third-order valence-electron chi connectivity index (χ3n) is 4.50. The number of thiophene rings is 1. The lowest BCUT2D eigenvalue weighted by molar-refractivity contribution is 0.0955. The first kappa shape index (κ1) is 21.2. The smallest absolute Gasteiger partial charge is 0.259 e. The molecule has 0 atom stereocenters. The molecule has 2 heterocycles. The minimum absolute atomic E-state index is 0.0887. The highest BCUT2D eigenvalue weighted by atomic mass is 32.2. The number of aromatic nitrogens is 2. The molecule has 154 valence electrons. The minimum atomic E-state index is -0.177. The first-order valence-electron chi connectivity index (χ1n) is 9.01. The summed E-state index contributed by atoms with van der Waals surface area (Å²) in [5, 5.41) is 3.56. The normalized spacial score (nSPS) is 10.9. The van der Waals surface area contributed by atoms with Crippen molar-refractivity contribution in [3.05, 3.63) is 50.4 Å². The average molecular weight is 434 g/mol. The van der Waals surface area contributed by atoms with E-state index in [1.54, 1.807) is 48.4 Å². The highest BCUT2D eigenvalue weighted by Gasteiger charge is 2.12. The number of hydrogen-bond acceptors (Lipinski definition) is 7. The van der Waals surface area contributed by atoms with Crippen LogP contribution in [0.15, 0.2) is 23.0 Å². The Kier molecular flexibility index (Phi) is 6.81. The van der Waals surface area contributed by atoms with E-state index >= 15 is 0 Å². The van der Waals surface area contributed by atoms with Gasteiger partial charge in [-0.15, -0.1) is 11.3 Å². The summed E-state index contributed by atoms with van der Waals surface area (Å²) >= 11 is 3.14. The largest absolute Gasteiger partial charge is 0.493 e. The van der Waals surface area contributed by atoms with Gasteiger partial charge in [0.1, 0.15) is 10.7 Å². The lowest BCUT2D eigenvalue weighted by Gasteiger charge is -2.10. The van der Waals surface area contributed by atoms with Crippen molar-refractivity contribution in [2.45, 2.75) is 19.6 Å². The number of carbonyl (C=O) groups is 1. The van der Waals surface area contributed by atoms with Crippen molar-refractivity contribution in [2.24, 2.45) is 0 Å². The van der Waals surface area contributed by atoms with Gasteiger partial charge in [-0.1, -0.05) is 0 Å². The Bertz CT molecular complexity index is 1090. The van der Waals surface area contributed by atoms with Gasteiger partial charge in [-0.3, -0.25) is 9.59 Å². The third kappa shape index (κ3) is 4.73. The van der Waals surface area contributed by atoms with E-state index in [1.165, 1.54) is 7.11 Å². The van der Waals surface area contributed by atoms with Gasteiger partial charge in [0.15, 0.2) is 11.5 Å². The maximum atomic E-state index is 12.3. The first-order chi connectivity index (χ1) is 13.9. The molecule has 0 aliphatic rings. The summed E-state index contributed by atoms with van der Waals surface area (Å²) in [6, 6.07) is 5.05. The highest BCUT2D eigenvalue weighted by Crippen LogP contribution is 2.28. The zero-order valence-electron chi connectivity index (χ0n) is 16.8. The number of carbonyl (C=O) groups excluding carboxylic acids is 1. The Hall–Kier alpha value is -2.52. The number of nitrogens with one attached hydrogen (secondary N) is 2. The van der Waals surface area contributed by atoms with Crippen LogP contribution in [0.4, 0.5) is 0 Å². The van der Waals surface area contributed by atoms with E-state index in [9.17, 15) is 9.59 Å². The fraction of sp³-hybridized carbons (Fsp3) is 0.350. The van der Waals surface area contributed by atoms with Gasteiger partial charge in [0, 0.05) is 22.7 Å². The van der Waals surface area contributed by atoms with E-state index in [4.69, 9.17) is 9.47 Å². The summed E-state index contributed by atoms with van der Waals surface area (Å²) in [5.74, 6) is 2.84. The van der Waals surface area contributed by atoms with Crippen molar-refractivity contribution in [2.75, 3.05) is 26.5 Å². The lowest BCUT2D eigenvalue weighted by atomic mass is 10.2. The van der Waals surface area contributed by atoms with E-state index in [0.29, 0.717) is 46.3 Å². The Balaban J connectivity index is 1.52. The van der Waals surface area contributed by atoms with Gasteiger partial charge in [0.2, 0.25) is 0 Å². The van der Waals surface area contributed by atoms with Crippen molar-refractivity contribution >= 4 is 39.2 Å². The van der Waals surface area contributed by atoms with Crippen molar-refractivity contribution in [1.29, 1.82) is 0 Å². The molecule has 0 unspecified atom stereocenters. The summed E-state index contributed by atoms with van der Waals surface area (Å²) in [6.45, 7) is 4.44. The van der Waals surface area contributed by atoms with E-state index in [0.717, 1.165) is 15.3 Å². The van der Waals surface area contributed by atoms with Gasteiger partial charge >= 0.3 is 0 Å². The number of thioether (sulfide) groups is 1. The number of fused-ring (bicyclic) bond motifs is 1. The summed E-state index contributed by atoms with van der Waals surface area (Å²) in [5.41, 5.74) is 1.41. The van der Waals surface area contributed by atoms with Crippen LogP contribution < -0.4 is 20.3 Å². The number of aromatic amines is 1. The van der Waals surface area contributed by atoms with Gasteiger partial charge in [0.05, 0.1) is 25.4 Å². The Labute approximate surface area is 176 Å². The van der Waals surface area contributed by atoms with Crippen LogP contribution in [0.1, 0.15) is 26.6 Å². The lowest BCUT2D eigenvalue weighted by Crippen LogP contribution is -2.25. The molecule has 3 aromatic rings. The molecule has 0 saturated carbocycles. The zero-order chi connectivity index (χ0) is 21.0. The molecular formula is C20H23N3O4S2. The molecule has 3 rings (SSSR count). The van der Waals surface area contributed by atoms with Crippen LogP contribution in [-0.2, 0) is 5.75 Å². The predicted octanol–water partition coefficient (Wildman–Crippen LogP) is 3.28. The number of nitrogens with zero attached hydrogens (tertiary/aromatic N) is 1. The number of ether oxygens (including phenoxy) is 2. The summed E-state index contributed by atoms with van der Waals surface area (Å²) < 4.78 is 10.4. The molecule has 0 aliphatic heterocycles. The molecule has 0 aliphatic carbocycles. The fourth-order valence-electron chi connectivity index (χ4n) is 2.85. The number of H-pyrrole nitrogens is 1. The van der Waals surface area contributed by atoms with E-state index in [2.05, 4.69) is 15.3 Å². The minimum Gasteiger partial charge on any atom is -0.493 e. The topological polar surface area (TPSA) is 93.3 Å². The summed E-state index contributed by atoms with van der Waals surface area (Å²) in [7, 11) is 3.08. The molecule has 29 heavy (non-hydrogen) atoms. The quantitative estimate of drug-likeness (QED) is 0.530. The van der Waals surface area contributed by atoms with Crippen LogP contribution in [-0.4, -0.2) is 42.4 Å². The third-order valence-corrected chi connectivity index (χ3v) is 6.58. The Morgan fingerprint density at radius 2 is 2.00 bits per heavy atom. The van der Waals surface area contributed by atoms with Crippen molar-refractivity contribution in [3.63, 3.8) is 0 Å². The van der Waals surface area contributed by atoms with Gasteiger partial charge < -0.3 is 19.8 Å². The average Bonchev–Trinajstić information content (AvgIpc) is 3.00. The number of aryl methyl sites for hydroxylation is 2. The second kappa shape index (κ2) is 9.32. The van der Waals surface area contributed by atoms with Crippen LogP contribution in [0.25, 0.3) is 10.2 Å². The molecule has 0 bridgehead atoms. The van der Waals surface area contributed by atoms with Crippen LogP contribution in [0.2, 0.25) is 0 Å². The fourth-order valence-corrected chi connectivity index (χ4v) is 4.62. The zero-order valence-corrected chi connectivity index (χ0v) is 18.4. The Morgan fingerprint density at radius 3 is 2.72 bits per heavy atom. The van der Waals surface area contributed by atoms with Crippen LogP contribution in [0.3, 0.4) is 0 Å². The molecule has 0 radical (unpaired) electrons. The number of methoxy groups -OCH3 is 2. The van der Waals surface area contributed by atoms with Crippen molar-refractivity contribution < 1.29 is 14.3 Å². The molecule has 0 spiro atoms. The van der Waals surface area contributed by atoms with Crippen LogP contribution >= 0.6 is 23.1 Å². The predicted molar refractivity (Wildman–Crippen MR) is 118 cm³/mol. The standard InChI is InChI=1S/C20H23N3O4S2/c1-11-12(2)29-20-17(11)19(25)22-16(23-20)10-28-8-7-21-18(24)13-5-6-14(26-3)15(9-13)27-4/h5-6,9H,7-8,10H2,1-4H3,(H,21,24)(H,22,23,25). The molecular weight excluding hydrogens is 410 g/mol. The molecule has 2 aromatic heterocycles. The number of rotatable bonds is 8. The SMILES string of the molecule is COc1ccc(C(=O)NCCSCc2nc3sc(C)c(C)c3c(=O)[nH]2)cc1OC. The molecule has 0 saturated heterocycles. The molecule has 1 aromatic carbocycles. The molecule has 9 heteroatoms. The highest BCUT2D eigenvalue weighted by molar-refractivity contribution is 7.98. The van der Waals surface area contributed by atoms with Gasteiger partial charge in [-0.2, -0.15) is 11.8 Å². The summed E-state index contributed by atoms with van der Waals surface area (Å²) in [4.78, 5) is 33.9. The first-order valence-corrected chi connectivity index (χ1v) is 11.0. The van der Waals surface area contributed by atoms with Crippen LogP contribution in [0.5, 0.6) is 11.5 Å². The van der Waals surface area contributed by atoms with Crippen molar-refractivity contribution in [3.8, 4) is 11.5 Å². The Morgan fingerprint density at radius 1 is 1.24 bits per heavy atom. The number of hydrogen-bond donors (Lipinski definition) is 2. The second-order valence-electron chi connectivity index (χ2n) is 6.35.